The summed E-state index contributed by atoms with van der Waals surface area (Å²) in [6, 6.07) is 16.1. The Morgan fingerprint density at radius 3 is 2.74 bits per heavy atom. The van der Waals surface area contributed by atoms with Crippen molar-refractivity contribution in [1.29, 1.82) is 0 Å². The van der Waals surface area contributed by atoms with E-state index in [0.29, 0.717) is 5.25 Å². The van der Waals surface area contributed by atoms with Crippen LogP contribution in [0.5, 0.6) is 0 Å². The summed E-state index contributed by atoms with van der Waals surface area (Å²) in [6.45, 7) is 3.15. The molecule has 27 heavy (non-hydrogen) atoms. The topological polar surface area (TPSA) is 41.6 Å². The fourth-order valence-corrected chi connectivity index (χ4v) is 4.80. The monoisotopic (exact) mass is 379 g/mol. The van der Waals surface area contributed by atoms with Crippen molar-refractivity contribution < 1.29 is 8.81 Å². The molecule has 4 heterocycles. The van der Waals surface area contributed by atoms with E-state index in [1.54, 1.807) is 30.1 Å². The molecule has 3 aromatic rings. The van der Waals surface area contributed by atoms with Crippen LogP contribution in [0, 0.1) is 5.82 Å². The Balaban J connectivity index is 1.53. The first kappa shape index (κ1) is 16.6. The van der Waals surface area contributed by atoms with Gasteiger partial charge in [-0.1, -0.05) is 24.8 Å². The van der Waals surface area contributed by atoms with Gasteiger partial charge in [0, 0.05) is 23.6 Å². The van der Waals surface area contributed by atoms with Gasteiger partial charge in [0.2, 0.25) is 0 Å². The SMILES string of the molecule is C[C@H]1CN2C(=N[C@H](c3ccccn3)[C@@H]2c2ccc(-c3ccc(F)cc3)o2)S1. The van der Waals surface area contributed by atoms with Gasteiger partial charge >= 0.3 is 0 Å². The van der Waals surface area contributed by atoms with Crippen LogP contribution in [-0.4, -0.2) is 26.8 Å². The third-order valence-electron chi connectivity index (χ3n) is 4.93. The Kier molecular flexibility index (Phi) is 4.01. The number of hydrogen-bond donors (Lipinski definition) is 0. The van der Waals surface area contributed by atoms with E-state index in [0.717, 1.165) is 34.5 Å². The molecule has 2 aliphatic rings. The van der Waals surface area contributed by atoms with E-state index >= 15 is 0 Å². The molecule has 1 fully saturated rings. The third-order valence-corrected chi connectivity index (χ3v) is 6.03. The summed E-state index contributed by atoms with van der Waals surface area (Å²) in [5, 5.41) is 1.56. The summed E-state index contributed by atoms with van der Waals surface area (Å²) >= 11 is 1.80. The standard InChI is InChI=1S/C21H18FN3OS/c1-13-12-25-20(19(24-21(25)27-13)16-4-2-3-11-23-16)18-10-9-17(26-18)14-5-7-15(22)8-6-14/h2-11,13,19-20H,12H2,1H3/t13-,19+,20-/m0/s1. The number of nitrogens with zero attached hydrogens (tertiary/aromatic N) is 3. The summed E-state index contributed by atoms with van der Waals surface area (Å²) in [6.07, 6.45) is 1.80. The summed E-state index contributed by atoms with van der Waals surface area (Å²) in [4.78, 5) is 11.8. The van der Waals surface area contributed by atoms with Gasteiger partial charge in [0.1, 0.15) is 29.4 Å². The predicted octanol–water partition coefficient (Wildman–Crippen LogP) is 5.07. The second-order valence-electron chi connectivity index (χ2n) is 6.85. The van der Waals surface area contributed by atoms with Crippen molar-refractivity contribution in [3.8, 4) is 11.3 Å². The van der Waals surface area contributed by atoms with E-state index < -0.39 is 0 Å². The molecule has 0 amide bonds. The van der Waals surface area contributed by atoms with Crippen LogP contribution in [0.1, 0.15) is 30.5 Å². The van der Waals surface area contributed by atoms with E-state index in [1.807, 2.05) is 30.3 Å². The van der Waals surface area contributed by atoms with Crippen molar-refractivity contribution >= 4 is 16.9 Å². The highest BCUT2D eigenvalue weighted by Gasteiger charge is 2.45. The van der Waals surface area contributed by atoms with Gasteiger partial charge in [0.25, 0.3) is 0 Å². The van der Waals surface area contributed by atoms with Gasteiger partial charge in [0.15, 0.2) is 5.17 Å². The minimum atomic E-state index is -0.252. The van der Waals surface area contributed by atoms with Gasteiger partial charge in [-0.2, -0.15) is 0 Å². The van der Waals surface area contributed by atoms with Gasteiger partial charge in [-0.15, -0.1) is 0 Å². The van der Waals surface area contributed by atoms with Crippen LogP contribution in [0.4, 0.5) is 4.39 Å². The van der Waals surface area contributed by atoms with Crippen LogP contribution in [-0.2, 0) is 0 Å². The summed E-state index contributed by atoms with van der Waals surface area (Å²) in [5.74, 6) is 1.34. The Morgan fingerprint density at radius 1 is 1.11 bits per heavy atom. The van der Waals surface area contributed by atoms with Crippen LogP contribution < -0.4 is 0 Å². The lowest BCUT2D eigenvalue weighted by Gasteiger charge is -2.25. The molecule has 0 aliphatic carbocycles. The molecule has 3 atom stereocenters. The molecule has 6 heteroatoms. The minimum absolute atomic E-state index is 0.0125. The molecule has 2 aromatic heterocycles. The van der Waals surface area contributed by atoms with Crippen molar-refractivity contribution in [3.63, 3.8) is 0 Å². The Morgan fingerprint density at radius 2 is 1.96 bits per heavy atom. The maximum Gasteiger partial charge on any atom is 0.161 e. The van der Waals surface area contributed by atoms with Crippen LogP contribution in [0.2, 0.25) is 0 Å². The van der Waals surface area contributed by atoms with Gasteiger partial charge in [0.05, 0.1) is 5.69 Å². The maximum absolute atomic E-state index is 13.2. The van der Waals surface area contributed by atoms with Crippen molar-refractivity contribution in [2.75, 3.05) is 6.54 Å². The molecule has 0 saturated carbocycles. The molecule has 0 unspecified atom stereocenters. The number of pyridine rings is 1. The highest BCUT2D eigenvalue weighted by Crippen LogP contribution is 2.48. The molecule has 0 bridgehead atoms. The second kappa shape index (κ2) is 6.53. The molecule has 2 aliphatic heterocycles. The molecular formula is C21H18FN3OS. The van der Waals surface area contributed by atoms with Crippen molar-refractivity contribution in [2.45, 2.75) is 24.3 Å². The smallest absolute Gasteiger partial charge is 0.161 e. The number of amidine groups is 1. The Labute approximate surface area is 161 Å². The lowest BCUT2D eigenvalue weighted by molar-refractivity contribution is 0.277. The number of thioether (sulfide) groups is 1. The number of aliphatic imine (C=N–C) groups is 1. The first-order valence-electron chi connectivity index (χ1n) is 8.97. The van der Waals surface area contributed by atoms with Gasteiger partial charge in [-0.25, -0.2) is 9.38 Å². The number of rotatable bonds is 3. The third kappa shape index (κ3) is 2.94. The van der Waals surface area contributed by atoms with Crippen LogP contribution in [0.3, 0.4) is 0 Å². The van der Waals surface area contributed by atoms with Crippen molar-refractivity contribution in [3.05, 3.63) is 78.1 Å². The van der Waals surface area contributed by atoms with E-state index in [-0.39, 0.29) is 17.9 Å². The zero-order chi connectivity index (χ0) is 18.4. The molecule has 0 N–H and O–H groups in total. The fraction of sp³-hybridized carbons (Fsp3) is 0.238. The van der Waals surface area contributed by atoms with Crippen LogP contribution in [0.15, 0.2) is 70.2 Å². The van der Waals surface area contributed by atoms with Crippen LogP contribution in [0.25, 0.3) is 11.3 Å². The number of halogens is 1. The summed E-state index contributed by atoms with van der Waals surface area (Å²) < 4.78 is 19.4. The van der Waals surface area contributed by atoms with Crippen LogP contribution >= 0.6 is 11.8 Å². The number of benzene rings is 1. The molecule has 5 rings (SSSR count). The molecule has 1 aromatic carbocycles. The average Bonchev–Trinajstić information content (AvgIpc) is 3.37. The van der Waals surface area contributed by atoms with Gasteiger partial charge in [-0.3, -0.25) is 4.98 Å². The van der Waals surface area contributed by atoms with E-state index in [4.69, 9.17) is 9.41 Å². The molecule has 0 radical (unpaired) electrons. The fourth-order valence-electron chi connectivity index (χ4n) is 3.71. The average molecular weight is 379 g/mol. The highest BCUT2D eigenvalue weighted by molar-refractivity contribution is 8.14. The number of fused-ring (bicyclic) bond motifs is 1. The van der Waals surface area contributed by atoms with E-state index in [2.05, 4.69) is 16.8 Å². The van der Waals surface area contributed by atoms with E-state index in [9.17, 15) is 4.39 Å². The summed E-state index contributed by atoms with van der Waals surface area (Å²) in [7, 11) is 0. The molecule has 136 valence electrons. The predicted molar refractivity (Wildman–Crippen MR) is 105 cm³/mol. The quantitative estimate of drug-likeness (QED) is 0.637. The van der Waals surface area contributed by atoms with Crippen molar-refractivity contribution in [1.82, 2.24) is 9.88 Å². The largest absolute Gasteiger partial charge is 0.459 e. The zero-order valence-corrected chi connectivity index (χ0v) is 15.6. The van der Waals surface area contributed by atoms with Gasteiger partial charge < -0.3 is 9.32 Å². The molecule has 1 saturated heterocycles. The first-order chi connectivity index (χ1) is 13.2. The molecule has 0 spiro atoms. The zero-order valence-electron chi connectivity index (χ0n) is 14.7. The lowest BCUT2D eigenvalue weighted by Crippen LogP contribution is -2.28. The molecular weight excluding hydrogens is 361 g/mol. The van der Waals surface area contributed by atoms with Crippen molar-refractivity contribution in [2.24, 2.45) is 4.99 Å². The number of furan rings is 1. The summed E-state index contributed by atoms with van der Waals surface area (Å²) in [5.41, 5.74) is 1.80. The normalized spacial score (nSPS) is 24.1. The van der Waals surface area contributed by atoms with Gasteiger partial charge in [-0.05, 0) is 48.5 Å². The highest BCUT2D eigenvalue weighted by atomic mass is 32.2. The first-order valence-corrected chi connectivity index (χ1v) is 9.85. The maximum atomic E-state index is 13.2. The van der Waals surface area contributed by atoms with E-state index in [1.165, 1.54) is 12.1 Å². The Hall–Kier alpha value is -2.60. The number of aromatic nitrogens is 1. The second-order valence-corrected chi connectivity index (χ2v) is 8.25. The Bertz CT molecular complexity index is 986. The molecule has 4 nitrogen and oxygen atoms in total. The number of hydrogen-bond acceptors (Lipinski definition) is 5. The minimum Gasteiger partial charge on any atom is -0.459 e. The lowest BCUT2D eigenvalue weighted by atomic mass is 10.0.